The molecule has 0 unspecified atom stereocenters. The summed E-state index contributed by atoms with van der Waals surface area (Å²) in [6, 6.07) is 0.410. The number of nitrogens with zero attached hydrogens (tertiary/aromatic N) is 3. The molecule has 2 rings (SSSR count). The van der Waals surface area contributed by atoms with Gasteiger partial charge in [-0.2, -0.15) is 4.98 Å². The molecule has 1 aromatic rings. The smallest absolute Gasteiger partial charge is 0.243 e. The Morgan fingerprint density at radius 3 is 2.70 bits per heavy atom. The minimum Gasteiger partial charge on any atom is -0.342 e. The summed E-state index contributed by atoms with van der Waals surface area (Å²) in [5.74, 6) is 2.40. The minimum atomic E-state index is 0.0301. The molecular weight excluding hydrogens is 292 g/mol. The van der Waals surface area contributed by atoms with Gasteiger partial charge in [0, 0.05) is 31.5 Å². The molecule has 0 spiro atoms. The molecule has 1 amide bonds. The lowest BCUT2D eigenvalue weighted by Crippen LogP contribution is -2.51. The van der Waals surface area contributed by atoms with Crippen molar-refractivity contribution >= 4 is 5.91 Å². The molecule has 1 aromatic heterocycles. The predicted octanol–water partition coefficient (Wildman–Crippen LogP) is 2.88. The molecule has 3 atom stereocenters. The molecular formula is C17H30N4O2. The van der Waals surface area contributed by atoms with Crippen LogP contribution in [0.4, 0.5) is 0 Å². The molecule has 1 saturated heterocycles. The maximum absolute atomic E-state index is 11.9. The quantitative estimate of drug-likeness (QED) is 0.872. The third-order valence-electron chi connectivity index (χ3n) is 4.72. The van der Waals surface area contributed by atoms with Crippen LogP contribution in [-0.4, -0.2) is 40.1 Å². The molecule has 1 N–H and O–H groups in total. The summed E-state index contributed by atoms with van der Waals surface area (Å²) in [5, 5.41) is 7.67. The van der Waals surface area contributed by atoms with E-state index in [2.05, 4.69) is 43.2 Å². The van der Waals surface area contributed by atoms with E-state index >= 15 is 0 Å². The van der Waals surface area contributed by atoms with Gasteiger partial charge in [0.25, 0.3) is 0 Å². The van der Waals surface area contributed by atoms with Crippen LogP contribution in [0.15, 0.2) is 4.52 Å². The van der Waals surface area contributed by atoms with Gasteiger partial charge in [-0.05, 0) is 19.3 Å². The van der Waals surface area contributed by atoms with E-state index in [0.717, 1.165) is 31.8 Å². The molecule has 0 bridgehead atoms. The van der Waals surface area contributed by atoms with Crippen LogP contribution in [0.5, 0.6) is 0 Å². The Balaban J connectivity index is 1.97. The van der Waals surface area contributed by atoms with Crippen LogP contribution in [0.25, 0.3) is 0 Å². The van der Waals surface area contributed by atoms with Crippen LogP contribution in [0.3, 0.4) is 0 Å². The Hall–Kier alpha value is -1.43. The van der Waals surface area contributed by atoms with Crippen molar-refractivity contribution in [3.8, 4) is 0 Å². The van der Waals surface area contributed by atoms with Crippen molar-refractivity contribution in [3.05, 3.63) is 11.7 Å². The highest BCUT2D eigenvalue weighted by Crippen LogP contribution is 2.24. The second-order valence-corrected chi connectivity index (χ2v) is 6.79. The number of rotatable bonds is 6. The van der Waals surface area contributed by atoms with Gasteiger partial charge in [-0.25, -0.2) is 0 Å². The number of likely N-dealkylation sites (tertiary alicyclic amines) is 1. The van der Waals surface area contributed by atoms with Gasteiger partial charge < -0.3 is 14.7 Å². The molecule has 0 saturated carbocycles. The molecule has 0 radical (unpaired) electrons. The Labute approximate surface area is 139 Å². The summed E-state index contributed by atoms with van der Waals surface area (Å²) in [5.41, 5.74) is 0. The van der Waals surface area contributed by atoms with Crippen molar-refractivity contribution in [1.29, 1.82) is 0 Å². The van der Waals surface area contributed by atoms with Crippen LogP contribution < -0.4 is 5.32 Å². The van der Waals surface area contributed by atoms with Crippen molar-refractivity contribution in [2.75, 3.05) is 13.1 Å². The highest BCUT2D eigenvalue weighted by atomic mass is 16.5. The van der Waals surface area contributed by atoms with Crippen molar-refractivity contribution in [2.45, 2.75) is 71.9 Å². The van der Waals surface area contributed by atoms with Gasteiger partial charge in [0.15, 0.2) is 5.82 Å². The van der Waals surface area contributed by atoms with E-state index in [0.29, 0.717) is 24.3 Å². The van der Waals surface area contributed by atoms with E-state index in [1.165, 1.54) is 0 Å². The first kappa shape index (κ1) is 17.9. The second kappa shape index (κ2) is 7.90. The van der Waals surface area contributed by atoms with E-state index in [4.69, 9.17) is 4.52 Å². The number of hydrogen-bond donors (Lipinski definition) is 1. The summed E-state index contributed by atoms with van der Waals surface area (Å²) in [6.45, 7) is 12.0. The van der Waals surface area contributed by atoms with E-state index in [9.17, 15) is 4.79 Å². The normalized spacial score (nSPS) is 23.3. The predicted molar refractivity (Wildman–Crippen MR) is 89.0 cm³/mol. The van der Waals surface area contributed by atoms with Crippen LogP contribution in [0.2, 0.25) is 0 Å². The Morgan fingerprint density at radius 2 is 2.13 bits per heavy atom. The summed E-state index contributed by atoms with van der Waals surface area (Å²) in [6.07, 6.45) is 2.61. The van der Waals surface area contributed by atoms with Crippen molar-refractivity contribution in [3.63, 3.8) is 0 Å². The molecule has 0 aromatic carbocycles. The fourth-order valence-corrected chi connectivity index (χ4v) is 3.17. The first-order valence-electron chi connectivity index (χ1n) is 8.83. The van der Waals surface area contributed by atoms with Gasteiger partial charge in [0.2, 0.25) is 11.8 Å². The van der Waals surface area contributed by atoms with Crippen LogP contribution in [-0.2, 0) is 4.79 Å². The first-order valence-corrected chi connectivity index (χ1v) is 8.83. The van der Waals surface area contributed by atoms with E-state index in [1.807, 2.05) is 11.8 Å². The molecule has 130 valence electrons. The third kappa shape index (κ3) is 4.31. The van der Waals surface area contributed by atoms with E-state index in [1.54, 1.807) is 0 Å². The number of amides is 1. The van der Waals surface area contributed by atoms with Crippen molar-refractivity contribution < 1.29 is 9.32 Å². The maximum atomic E-state index is 11.9. The number of carbonyl (C=O) groups is 1. The average molecular weight is 322 g/mol. The van der Waals surface area contributed by atoms with Gasteiger partial charge in [-0.15, -0.1) is 0 Å². The number of piperidine rings is 1. The Kier molecular flexibility index (Phi) is 6.16. The van der Waals surface area contributed by atoms with Gasteiger partial charge in [0.05, 0.1) is 6.04 Å². The SMILES string of the molecule is CCC(=O)N1CC[C@H](N[C@H](C)c2nc(C(C)C)no2)[C@@H](CC)C1. The number of aromatic nitrogens is 2. The highest BCUT2D eigenvalue weighted by Gasteiger charge is 2.31. The summed E-state index contributed by atoms with van der Waals surface area (Å²) >= 11 is 0. The number of nitrogens with one attached hydrogen (secondary N) is 1. The first-order chi connectivity index (χ1) is 11.0. The topological polar surface area (TPSA) is 71.3 Å². The maximum Gasteiger partial charge on any atom is 0.243 e. The summed E-state index contributed by atoms with van der Waals surface area (Å²) < 4.78 is 5.39. The molecule has 1 aliphatic rings. The molecule has 6 nitrogen and oxygen atoms in total. The van der Waals surface area contributed by atoms with Crippen LogP contribution in [0.1, 0.15) is 77.6 Å². The molecule has 1 fully saturated rings. The minimum absolute atomic E-state index is 0.0301. The fourth-order valence-electron chi connectivity index (χ4n) is 3.17. The molecule has 6 heteroatoms. The lowest BCUT2D eigenvalue weighted by atomic mass is 9.89. The van der Waals surface area contributed by atoms with Gasteiger partial charge in [0.1, 0.15) is 0 Å². The van der Waals surface area contributed by atoms with Crippen LogP contribution >= 0.6 is 0 Å². The standard InChI is InChI=1S/C17H30N4O2/c1-6-13-10-21(15(22)7-2)9-8-14(13)18-12(5)17-19-16(11(3)4)20-23-17/h11-14,18H,6-10H2,1-5H3/t12-,13+,14+/m1/s1. The largest absolute Gasteiger partial charge is 0.342 e. The summed E-state index contributed by atoms with van der Waals surface area (Å²) in [7, 11) is 0. The molecule has 0 aliphatic carbocycles. The number of hydrogen-bond acceptors (Lipinski definition) is 5. The zero-order valence-electron chi connectivity index (χ0n) is 15.0. The zero-order valence-corrected chi connectivity index (χ0v) is 15.0. The van der Waals surface area contributed by atoms with Gasteiger partial charge in [-0.1, -0.05) is 39.3 Å². The second-order valence-electron chi connectivity index (χ2n) is 6.79. The molecule has 1 aliphatic heterocycles. The van der Waals surface area contributed by atoms with E-state index in [-0.39, 0.29) is 17.9 Å². The van der Waals surface area contributed by atoms with Crippen LogP contribution in [0, 0.1) is 5.92 Å². The van der Waals surface area contributed by atoms with E-state index < -0.39 is 0 Å². The fraction of sp³-hybridized carbons (Fsp3) is 0.824. The lowest BCUT2D eigenvalue weighted by molar-refractivity contribution is -0.133. The van der Waals surface area contributed by atoms with Crippen molar-refractivity contribution in [1.82, 2.24) is 20.4 Å². The number of carbonyl (C=O) groups excluding carboxylic acids is 1. The van der Waals surface area contributed by atoms with Gasteiger partial charge in [-0.3, -0.25) is 4.79 Å². The molecule has 2 heterocycles. The monoisotopic (exact) mass is 322 g/mol. The lowest BCUT2D eigenvalue weighted by Gasteiger charge is -2.39. The summed E-state index contributed by atoms with van der Waals surface area (Å²) in [4.78, 5) is 18.4. The van der Waals surface area contributed by atoms with Gasteiger partial charge >= 0.3 is 0 Å². The van der Waals surface area contributed by atoms with Crippen molar-refractivity contribution in [2.24, 2.45) is 5.92 Å². The Morgan fingerprint density at radius 1 is 1.39 bits per heavy atom. The third-order valence-corrected chi connectivity index (χ3v) is 4.72. The Bertz CT molecular complexity index is 514. The zero-order chi connectivity index (χ0) is 17.0. The average Bonchev–Trinajstić information content (AvgIpc) is 3.04. The highest BCUT2D eigenvalue weighted by molar-refractivity contribution is 5.75. The molecule has 23 heavy (non-hydrogen) atoms.